The van der Waals surface area contributed by atoms with Gasteiger partial charge in [0.2, 0.25) is 5.91 Å². The first-order valence-electron chi connectivity index (χ1n) is 11.3. The number of carbonyl (C=O) groups is 3. The second-order valence-electron chi connectivity index (χ2n) is 8.39. The minimum Gasteiger partial charge on any atom is -0.480 e. The van der Waals surface area contributed by atoms with E-state index in [9.17, 15) is 27.6 Å². The number of halogens is 4. The second-order valence-corrected chi connectivity index (χ2v) is 8.83. The van der Waals surface area contributed by atoms with Gasteiger partial charge in [-0.3, -0.25) is 14.5 Å². The number of hydrogen-bond acceptors (Lipinski definition) is 4. The van der Waals surface area contributed by atoms with Crippen LogP contribution in [0.15, 0.2) is 72.8 Å². The molecule has 2 N–H and O–H groups in total. The number of anilines is 1. The van der Waals surface area contributed by atoms with E-state index in [1.807, 2.05) is 0 Å². The molecule has 1 fully saturated rings. The number of amides is 3. The van der Waals surface area contributed by atoms with Crippen LogP contribution in [0.25, 0.3) is 0 Å². The van der Waals surface area contributed by atoms with Crippen LogP contribution in [0.1, 0.15) is 17.2 Å². The molecule has 3 amide bonds. The van der Waals surface area contributed by atoms with Crippen molar-refractivity contribution in [3.8, 4) is 11.5 Å². The number of urea groups is 1. The smallest absolute Gasteiger partial charge is 0.416 e. The topological polar surface area (TPSA) is 99.2 Å². The fourth-order valence-electron chi connectivity index (χ4n) is 3.97. The summed E-state index contributed by atoms with van der Waals surface area (Å²) in [5.41, 5.74) is -0.274. The summed E-state index contributed by atoms with van der Waals surface area (Å²) in [7, 11) is 0. The third-order valence-corrected chi connectivity index (χ3v) is 5.97. The molecule has 0 aliphatic carbocycles. The highest BCUT2D eigenvalue weighted by atomic mass is 35.5. The molecule has 1 unspecified atom stereocenters. The van der Waals surface area contributed by atoms with Crippen LogP contribution in [-0.2, 0) is 15.8 Å². The Hall–Kier alpha value is -4.25. The van der Waals surface area contributed by atoms with Crippen molar-refractivity contribution in [2.45, 2.75) is 12.2 Å². The van der Waals surface area contributed by atoms with Crippen molar-refractivity contribution in [3.63, 3.8) is 0 Å². The molecule has 38 heavy (non-hydrogen) atoms. The van der Waals surface area contributed by atoms with Crippen molar-refractivity contribution in [1.29, 1.82) is 0 Å². The molecule has 0 saturated carbocycles. The van der Waals surface area contributed by atoms with Gasteiger partial charge >= 0.3 is 18.2 Å². The van der Waals surface area contributed by atoms with Crippen LogP contribution >= 0.6 is 11.6 Å². The molecule has 3 aromatic rings. The third kappa shape index (κ3) is 6.35. The predicted molar refractivity (Wildman–Crippen MR) is 132 cm³/mol. The van der Waals surface area contributed by atoms with Crippen LogP contribution < -0.4 is 15.0 Å². The Morgan fingerprint density at radius 2 is 1.66 bits per heavy atom. The van der Waals surface area contributed by atoms with Crippen molar-refractivity contribution in [3.05, 3.63) is 88.9 Å². The second kappa shape index (κ2) is 11.0. The lowest BCUT2D eigenvalue weighted by molar-refractivity contribution is -0.138. The largest absolute Gasteiger partial charge is 0.480 e. The lowest BCUT2D eigenvalue weighted by Gasteiger charge is -2.24. The summed E-state index contributed by atoms with van der Waals surface area (Å²) in [5.74, 6) is -0.990. The van der Waals surface area contributed by atoms with E-state index in [1.165, 1.54) is 17.0 Å². The number of nitrogens with zero attached hydrogens (tertiary/aromatic N) is 2. The highest BCUT2D eigenvalue weighted by Gasteiger charge is 2.41. The molecule has 12 heteroatoms. The normalized spacial score (nSPS) is 15.5. The van der Waals surface area contributed by atoms with Gasteiger partial charge in [0.05, 0.1) is 11.6 Å². The van der Waals surface area contributed by atoms with E-state index in [1.54, 1.807) is 48.5 Å². The summed E-state index contributed by atoms with van der Waals surface area (Å²) in [6.07, 6.45) is -4.58. The number of carboxylic acid groups (broad SMARTS) is 1. The maximum atomic E-state index is 13.4. The van der Waals surface area contributed by atoms with Crippen molar-refractivity contribution >= 4 is 35.2 Å². The average molecular weight is 548 g/mol. The standard InChI is InChI=1S/C26H21ClF3N3O5/c27-18-4-8-20(9-5-18)38-21-10-6-19(7-11-21)33-22(16-2-1-3-17(12-16)26(28,29)30)14-32(25(33)37)15-23(34)31-13-24(35)36/h1-12,22H,13-15H2,(H,31,34)(H,35,36). The van der Waals surface area contributed by atoms with Gasteiger partial charge in [0.25, 0.3) is 0 Å². The Balaban J connectivity index is 1.61. The number of nitrogens with one attached hydrogen (secondary N) is 1. The Bertz CT molecular complexity index is 1330. The van der Waals surface area contributed by atoms with Crippen LogP contribution in [0.5, 0.6) is 11.5 Å². The number of benzene rings is 3. The van der Waals surface area contributed by atoms with Gasteiger partial charge in [-0.15, -0.1) is 0 Å². The SMILES string of the molecule is O=C(O)CNC(=O)CN1CC(c2cccc(C(F)(F)F)c2)N(c2ccc(Oc3ccc(Cl)cc3)cc2)C1=O. The Morgan fingerprint density at radius 1 is 1.03 bits per heavy atom. The molecule has 1 aliphatic heterocycles. The van der Waals surface area contributed by atoms with Crippen LogP contribution in [0.2, 0.25) is 5.02 Å². The molecule has 3 aromatic carbocycles. The summed E-state index contributed by atoms with van der Waals surface area (Å²) in [6.45, 7) is -1.18. The van der Waals surface area contributed by atoms with Crippen LogP contribution in [0, 0.1) is 0 Å². The quantitative estimate of drug-likeness (QED) is 0.397. The number of aliphatic carboxylic acids is 1. The molecule has 8 nitrogen and oxygen atoms in total. The lowest BCUT2D eigenvalue weighted by Crippen LogP contribution is -2.41. The molecule has 0 aromatic heterocycles. The first kappa shape index (κ1) is 26.8. The maximum Gasteiger partial charge on any atom is 0.416 e. The fourth-order valence-corrected chi connectivity index (χ4v) is 4.10. The summed E-state index contributed by atoms with van der Waals surface area (Å²) >= 11 is 5.88. The first-order valence-corrected chi connectivity index (χ1v) is 11.7. The van der Waals surface area contributed by atoms with E-state index in [2.05, 4.69) is 5.32 Å². The van der Waals surface area contributed by atoms with E-state index in [0.717, 1.165) is 17.0 Å². The average Bonchev–Trinajstić information content (AvgIpc) is 3.20. The zero-order chi connectivity index (χ0) is 27.4. The molecule has 198 valence electrons. The van der Waals surface area contributed by atoms with Gasteiger partial charge in [-0.1, -0.05) is 23.7 Å². The first-order chi connectivity index (χ1) is 18.0. The summed E-state index contributed by atoms with van der Waals surface area (Å²) in [5, 5.41) is 11.5. The fraction of sp³-hybridized carbons (Fsp3) is 0.192. The minimum absolute atomic E-state index is 0.0936. The van der Waals surface area contributed by atoms with Gasteiger partial charge in [-0.2, -0.15) is 13.2 Å². The molecule has 0 spiro atoms. The summed E-state index contributed by atoms with van der Waals surface area (Å²) in [6, 6.07) is 16.2. The van der Waals surface area contributed by atoms with Gasteiger partial charge < -0.3 is 20.1 Å². The summed E-state index contributed by atoms with van der Waals surface area (Å²) in [4.78, 5) is 38.7. The number of rotatable bonds is 8. The number of carbonyl (C=O) groups excluding carboxylic acids is 2. The zero-order valence-corrected chi connectivity index (χ0v) is 20.4. The molecule has 1 saturated heterocycles. The highest BCUT2D eigenvalue weighted by Crippen LogP contribution is 2.38. The number of carboxylic acids is 1. The summed E-state index contributed by atoms with van der Waals surface area (Å²) < 4.78 is 45.9. The lowest BCUT2D eigenvalue weighted by atomic mass is 10.0. The third-order valence-electron chi connectivity index (χ3n) is 5.72. The van der Waals surface area contributed by atoms with Gasteiger partial charge in [0, 0.05) is 17.3 Å². The number of ether oxygens (including phenoxy) is 1. The zero-order valence-electron chi connectivity index (χ0n) is 19.6. The van der Waals surface area contributed by atoms with E-state index < -0.39 is 48.8 Å². The Morgan fingerprint density at radius 3 is 2.26 bits per heavy atom. The van der Waals surface area contributed by atoms with Crippen molar-refractivity contribution in [2.75, 3.05) is 24.5 Å². The van der Waals surface area contributed by atoms with Crippen molar-refractivity contribution in [2.24, 2.45) is 0 Å². The van der Waals surface area contributed by atoms with Gasteiger partial charge in [-0.05, 0) is 66.2 Å². The van der Waals surface area contributed by atoms with Crippen LogP contribution in [0.4, 0.5) is 23.7 Å². The molecule has 0 radical (unpaired) electrons. The van der Waals surface area contributed by atoms with Crippen LogP contribution in [0.3, 0.4) is 0 Å². The van der Waals surface area contributed by atoms with Crippen molar-refractivity contribution in [1.82, 2.24) is 10.2 Å². The molecule has 0 bridgehead atoms. The molecular weight excluding hydrogens is 527 g/mol. The van der Waals surface area contributed by atoms with Gasteiger partial charge in [-0.25, -0.2) is 4.79 Å². The van der Waals surface area contributed by atoms with E-state index >= 15 is 0 Å². The maximum absolute atomic E-state index is 13.4. The van der Waals surface area contributed by atoms with Gasteiger partial charge in [0.15, 0.2) is 0 Å². The molecular formula is C26H21ClF3N3O5. The minimum atomic E-state index is -4.58. The Kier molecular flexibility index (Phi) is 7.77. The highest BCUT2D eigenvalue weighted by molar-refractivity contribution is 6.30. The molecule has 4 rings (SSSR count). The Labute approximate surface area is 220 Å². The molecule has 1 aliphatic rings. The predicted octanol–water partition coefficient (Wildman–Crippen LogP) is 5.34. The van der Waals surface area contributed by atoms with E-state index in [4.69, 9.17) is 21.4 Å². The number of hydrogen-bond donors (Lipinski definition) is 2. The number of alkyl halides is 3. The van der Waals surface area contributed by atoms with Crippen molar-refractivity contribution < 1.29 is 37.4 Å². The van der Waals surface area contributed by atoms with Gasteiger partial charge in [0.1, 0.15) is 24.6 Å². The monoisotopic (exact) mass is 547 g/mol. The van der Waals surface area contributed by atoms with Crippen LogP contribution in [-0.4, -0.2) is 47.5 Å². The molecule has 1 heterocycles. The molecule has 1 atom stereocenters. The van der Waals surface area contributed by atoms with E-state index in [0.29, 0.717) is 22.2 Å². The van der Waals surface area contributed by atoms with E-state index in [-0.39, 0.29) is 12.1 Å².